The summed E-state index contributed by atoms with van der Waals surface area (Å²) in [6, 6.07) is 8.55. The van der Waals surface area contributed by atoms with Gasteiger partial charge in [0.25, 0.3) is 0 Å². The molecule has 1 saturated carbocycles. The smallest absolute Gasteiger partial charge is 0.123 e. The predicted molar refractivity (Wildman–Crippen MR) is 74.1 cm³/mol. The maximum atomic E-state index is 9.63. The summed E-state index contributed by atoms with van der Waals surface area (Å²) >= 11 is 0. The van der Waals surface area contributed by atoms with Gasteiger partial charge >= 0.3 is 0 Å². The van der Waals surface area contributed by atoms with Gasteiger partial charge in [-0.2, -0.15) is 0 Å². The molecule has 4 nitrogen and oxygen atoms in total. The van der Waals surface area contributed by atoms with Gasteiger partial charge in [-0.3, -0.25) is 4.90 Å². The van der Waals surface area contributed by atoms with E-state index < -0.39 is 6.10 Å². The second-order valence-electron chi connectivity index (χ2n) is 5.04. The first-order valence-electron chi connectivity index (χ1n) is 6.98. The van der Waals surface area contributed by atoms with Gasteiger partial charge in [0.2, 0.25) is 0 Å². The van der Waals surface area contributed by atoms with Crippen molar-refractivity contribution in [1.82, 2.24) is 4.90 Å². The quantitative estimate of drug-likeness (QED) is 0.746. The minimum atomic E-state index is -0.667. The summed E-state index contributed by atoms with van der Waals surface area (Å²) in [6.45, 7) is 3.72. The summed E-state index contributed by atoms with van der Waals surface area (Å²) in [6.07, 6.45) is 1.68. The Morgan fingerprint density at radius 3 is 2.74 bits per heavy atom. The van der Waals surface area contributed by atoms with Gasteiger partial charge in [-0.1, -0.05) is 18.2 Å². The van der Waals surface area contributed by atoms with Gasteiger partial charge in [-0.05, 0) is 25.8 Å². The molecule has 1 atom stereocenters. The minimum absolute atomic E-state index is 0.184. The third-order valence-electron chi connectivity index (χ3n) is 3.37. The van der Waals surface area contributed by atoms with Gasteiger partial charge < -0.3 is 14.9 Å². The molecule has 2 rings (SSSR count). The van der Waals surface area contributed by atoms with Crippen LogP contribution < -0.4 is 4.74 Å². The molecular weight excluding hydrogens is 242 g/mol. The summed E-state index contributed by atoms with van der Waals surface area (Å²) < 4.78 is 5.63. The summed E-state index contributed by atoms with van der Waals surface area (Å²) in [5.74, 6) is 0.911. The van der Waals surface area contributed by atoms with Crippen LogP contribution in [-0.2, 0) is 6.54 Å². The van der Waals surface area contributed by atoms with E-state index in [4.69, 9.17) is 9.84 Å². The summed E-state index contributed by atoms with van der Waals surface area (Å²) in [5, 5.41) is 18.6. The molecule has 0 spiro atoms. The van der Waals surface area contributed by atoms with Crippen LogP contribution in [0.1, 0.15) is 25.3 Å². The van der Waals surface area contributed by atoms with Crippen LogP contribution in [0.4, 0.5) is 0 Å². The van der Waals surface area contributed by atoms with E-state index in [1.54, 1.807) is 0 Å². The van der Waals surface area contributed by atoms with Crippen LogP contribution in [0.5, 0.6) is 5.75 Å². The molecule has 1 aromatic rings. The number of hydrogen-bond acceptors (Lipinski definition) is 4. The fraction of sp³-hybridized carbons (Fsp3) is 0.600. The molecule has 0 heterocycles. The van der Waals surface area contributed by atoms with E-state index in [2.05, 4.69) is 11.0 Å². The van der Waals surface area contributed by atoms with Crippen molar-refractivity contribution in [2.45, 2.75) is 38.5 Å². The monoisotopic (exact) mass is 265 g/mol. The Labute approximate surface area is 114 Å². The van der Waals surface area contributed by atoms with Gasteiger partial charge in [0, 0.05) is 24.7 Å². The van der Waals surface area contributed by atoms with Gasteiger partial charge in [0.05, 0.1) is 19.3 Å². The molecule has 0 aliphatic heterocycles. The average Bonchev–Trinajstić information content (AvgIpc) is 3.24. The van der Waals surface area contributed by atoms with Crippen molar-refractivity contribution in [3.63, 3.8) is 0 Å². The van der Waals surface area contributed by atoms with Crippen molar-refractivity contribution in [3.05, 3.63) is 29.8 Å². The van der Waals surface area contributed by atoms with Crippen LogP contribution in [0, 0.1) is 0 Å². The number of aliphatic hydroxyl groups is 2. The highest BCUT2D eigenvalue weighted by Crippen LogP contribution is 2.30. The Morgan fingerprint density at radius 1 is 1.37 bits per heavy atom. The fourth-order valence-electron chi connectivity index (χ4n) is 2.26. The largest absolute Gasteiger partial charge is 0.494 e. The molecule has 1 aliphatic carbocycles. The lowest BCUT2D eigenvalue weighted by Gasteiger charge is -2.25. The first kappa shape index (κ1) is 14.3. The molecule has 0 unspecified atom stereocenters. The average molecular weight is 265 g/mol. The molecule has 0 radical (unpaired) electrons. The highest BCUT2D eigenvalue weighted by molar-refractivity contribution is 5.33. The zero-order valence-electron chi connectivity index (χ0n) is 11.5. The summed E-state index contributed by atoms with van der Waals surface area (Å²) in [4.78, 5) is 2.23. The van der Waals surface area contributed by atoms with Crippen LogP contribution in [-0.4, -0.2) is 47.0 Å². The Morgan fingerprint density at radius 2 is 2.11 bits per heavy atom. The molecule has 2 N–H and O–H groups in total. The SMILES string of the molecule is CCOc1ccccc1CN(C[C@@H](O)CO)C1CC1. The Bertz CT molecular complexity index is 393. The van der Waals surface area contributed by atoms with E-state index in [1.807, 2.05) is 25.1 Å². The Balaban J connectivity index is 2.04. The van der Waals surface area contributed by atoms with E-state index in [0.29, 0.717) is 19.2 Å². The van der Waals surface area contributed by atoms with Crippen LogP contribution in [0.3, 0.4) is 0 Å². The van der Waals surface area contributed by atoms with Crippen molar-refractivity contribution >= 4 is 0 Å². The van der Waals surface area contributed by atoms with Gasteiger partial charge in [0.15, 0.2) is 0 Å². The van der Waals surface area contributed by atoms with Crippen LogP contribution in [0.25, 0.3) is 0 Å². The Hall–Kier alpha value is -1.10. The third-order valence-corrected chi connectivity index (χ3v) is 3.37. The number of hydrogen-bond donors (Lipinski definition) is 2. The molecule has 19 heavy (non-hydrogen) atoms. The normalized spacial score (nSPS) is 16.6. The molecule has 1 aliphatic rings. The lowest BCUT2D eigenvalue weighted by Crippen LogP contribution is -2.35. The summed E-state index contributed by atoms with van der Waals surface area (Å²) in [7, 11) is 0. The number of ether oxygens (including phenoxy) is 1. The zero-order chi connectivity index (χ0) is 13.7. The highest BCUT2D eigenvalue weighted by atomic mass is 16.5. The number of aliphatic hydroxyl groups excluding tert-OH is 2. The molecule has 4 heteroatoms. The van der Waals surface area contributed by atoms with Gasteiger partial charge in [-0.15, -0.1) is 0 Å². The Kier molecular flexibility index (Phi) is 5.19. The lowest BCUT2D eigenvalue weighted by molar-refractivity contribution is 0.0537. The number of benzene rings is 1. The second kappa shape index (κ2) is 6.89. The van der Waals surface area contributed by atoms with E-state index in [1.165, 1.54) is 12.8 Å². The van der Waals surface area contributed by atoms with E-state index in [-0.39, 0.29) is 6.61 Å². The molecule has 106 valence electrons. The zero-order valence-corrected chi connectivity index (χ0v) is 11.5. The van der Waals surface area contributed by atoms with E-state index in [0.717, 1.165) is 17.9 Å². The van der Waals surface area contributed by atoms with Crippen LogP contribution >= 0.6 is 0 Å². The van der Waals surface area contributed by atoms with E-state index >= 15 is 0 Å². The second-order valence-corrected chi connectivity index (χ2v) is 5.04. The topological polar surface area (TPSA) is 52.9 Å². The third kappa shape index (κ3) is 4.20. The minimum Gasteiger partial charge on any atom is -0.494 e. The van der Waals surface area contributed by atoms with Crippen molar-refractivity contribution in [1.29, 1.82) is 0 Å². The standard InChI is InChI=1S/C15H23NO3/c1-2-19-15-6-4-3-5-12(15)9-16(13-7-8-13)10-14(18)11-17/h3-6,13-14,17-18H,2,7-11H2,1H3/t14-/m1/s1. The predicted octanol–water partition coefficient (Wildman–Crippen LogP) is 1.40. The number of nitrogens with zero attached hydrogens (tertiary/aromatic N) is 1. The fourth-order valence-corrected chi connectivity index (χ4v) is 2.26. The van der Waals surface area contributed by atoms with Crippen molar-refractivity contribution in [2.75, 3.05) is 19.8 Å². The molecule has 0 saturated heterocycles. The highest BCUT2D eigenvalue weighted by Gasteiger charge is 2.30. The molecule has 1 aromatic carbocycles. The molecule has 0 bridgehead atoms. The molecular formula is C15H23NO3. The molecule has 0 amide bonds. The van der Waals surface area contributed by atoms with Gasteiger partial charge in [-0.25, -0.2) is 0 Å². The van der Waals surface area contributed by atoms with Crippen molar-refractivity contribution in [3.8, 4) is 5.75 Å². The van der Waals surface area contributed by atoms with Crippen molar-refractivity contribution in [2.24, 2.45) is 0 Å². The summed E-state index contributed by atoms with van der Waals surface area (Å²) in [5.41, 5.74) is 1.14. The first-order chi connectivity index (χ1) is 9.24. The van der Waals surface area contributed by atoms with Gasteiger partial charge in [0.1, 0.15) is 5.75 Å². The maximum Gasteiger partial charge on any atom is 0.123 e. The molecule has 0 aromatic heterocycles. The van der Waals surface area contributed by atoms with Crippen molar-refractivity contribution < 1.29 is 14.9 Å². The maximum absolute atomic E-state index is 9.63. The van der Waals surface area contributed by atoms with Crippen LogP contribution in [0.2, 0.25) is 0 Å². The van der Waals surface area contributed by atoms with E-state index in [9.17, 15) is 5.11 Å². The van der Waals surface area contributed by atoms with Crippen LogP contribution in [0.15, 0.2) is 24.3 Å². The number of para-hydroxylation sites is 1. The lowest BCUT2D eigenvalue weighted by atomic mass is 10.1. The number of rotatable bonds is 8. The first-order valence-corrected chi connectivity index (χ1v) is 6.98. The molecule has 1 fully saturated rings.